The van der Waals surface area contributed by atoms with Crippen molar-refractivity contribution in [1.29, 1.82) is 0 Å². The lowest BCUT2D eigenvalue weighted by atomic mass is 10.1. The van der Waals surface area contributed by atoms with Gasteiger partial charge < -0.3 is 9.47 Å². The van der Waals surface area contributed by atoms with Crippen molar-refractivity contribution in [3.8, 4) is 11.5 Å². The largest absolute Gasteiger partial charge is 0.490 e. The SMILES string of the molecule is CCOc1ccccc1OCCC(CC)CCl. The molecule has 17 heavy (non-hydrogen) atoms. The standard InChI is InChI=1S/C14H21ClO2/c1-3-12(11-15)9-10-17-14-8-6-5-7-13(14)16-4-2/h5-8,12H,3-4,9-11H2,1-2H3. The van der Waals surface area contributed by atoms with Crippen molar-refractivity contribution in [3.05, 3.63) is 24.3 Å². The summed E-state index contributed by atoms with van der Waals surface area (Å²) < 4.78 is 11.2. The Morgan fingerprint density at radius 1 is 1.12 bits per heavy atom. The summed E-state index contributed by atoms with van der Waals surface area (Å²) in [5.41, 5.74) is 0. The topological polar surface area (TPSA) is 18.5 Å². The third kappa shape index (κ3) is 4.86. The molecule has 2 nitrogen and oxygen atoms in total. The summed E-state index contributed by atoms with van der Waals surface area (Å²) in [5.74, 6) is 2.87. The molecule has 0 aromatic heterocycles. The van der Waals surface area contributed by atoms with E-state index in [-0.39, 0.29) is 0 Å². The fraction of sp³-hybridized carbons (Fsp3) is 0.571. The van der Waals surface area contributed by atoms with E-state index in [1.54, 1.807) is 0 Å². The zero-order chi connectivity index (χ0) is 12.5. The van der Waals surface area contributed by atoms with E-state index < -0.39 is 0 Å². The van der Waals surface area contributed by atoms with Crippen molar-refractivity contribution < 1.29 is 9.47 Å². The molecule has 96 valence electrons. The van der Waals surface area contributed by atoms with Gasteiger partial charge in [0.05, 0.1) is 13.2 Å². The second-order valence-electron chi connectivity index (χ2n) is 3.95. The van der Waals surface area contributed by atoms with Gasteiger partial charge in [0.15, 0.2) is 11.5 Å². The molecule has 0 aliphatic heterocycles. The van der Waals surface area contributed by atoms with Crippen LogP contribution >= 0.6 is 11.6 Å². The molecule has 0 heterocycles. The van der Waals surface area contributed by atoms with E-state index in [0.29, 0.717) is 25.0 Å². The van der Waals surface area contributed by atoms with Gasteiger partial charge in [0.25, 0.3) is 0 Å². The van der Waals surface area contributed by atoms with Crippen LogP contribution in [0.4, 0.5) is 0 Å². The zero-order valence-corrected chi connectivity index (χ0v) is 11.4. The predicted molar refractivity (Wildman–Crippen MR) is 72.2 cm³/mol. The molecule has 1 aromatic rings. The monoisotopic (exact) mass is 256 g/mol. The molecule has 1 atom stereocenters. The zero-order valence-electron chi connectivity index (χ0n) is 10.6. The fourth-order valence-corrected chi connectivity index (χ4v) is 1.94. The highest BCUT2D eigenvalue weighted by Crippen LogP contribution is 2.26. The first-order chi connectivity index (χ1) is 8.31. The molecule has 0 saturated heterocycles. The number of hydrogen-bond donors (Lipinski definition) is 0. The van der Waals surface area contributed by atoms with Gasteiger partial charge in [0.1, 0.15) is 0 Å². The van der Waals surface area contributed by atoms with Crippen LogP contribution in [-0.4, -0.2) is 19.1 Å². The molecule has 1 unspecified atom stereocenters. The predicted octanol–water partition coefficient (Wildman–Crippen LogP) is 4.12. The summed E-state index contributed by atoms with van der Waals surface area (Å²) in [7, 11) is 0. The Hall–Kier alpha value is -0.890. The summed E-state index contributed by atoms with van der Waals surface area (Å²) in [6.45, 7) is 5.47. The molecule has 0 fully saturated rings. The highest BCUT2D eigenvalue weighted by atomic mass is 35.5. The number of benzene rings is 1. The maximum atomic E-state index is 5.85. The molecule has 0 radical (unpaired) electrons. The summed E-state index contributed by atoms with van der Waals surface area (Å²) in [4.78, 5) is 0. The molecular formula is C14H21ClO2. The average Bonchev–Trinajstić information content (AvgIpc) is 2.37. The summed E-state index contributed by atoms with van der Waals surface area (Å²) >= 11 is 5.85. The van der Waals surface area contributed by atoms with Gasteiger partial charge >= 0.3 is 0 Å². The van der Waals surface area contributed by atoms with E-state index in [1.807, 2.05) is 31.2 Å². The van der Waals surface area contributed by atoms with E-state index in [4.69, 9.17) is 21.1 Å². The number of para-hydroxylation sites is 2. The molecule has 3 heteroatoms. The van der Waals surface area contributed by atoms with E-state index in [2.05, 4.69) is 6.92 Å². The second kappa shape index (κ2) is 8.24. The summed E-state index contributed by atoms with van der Waals surface area (Å²) in [6, 6.07) is 7.77. The molecule has 0 spiro atoms. The number of halogens is 1. The third-order valence-corrected chi connectivity index (χ3v) is 3.16. The highest BCUT2D eigenvalue weighted by Gasteiger charge is 2.07. The van der Waals surface area contributed by atoms with Gasteiger partial charge in [-0.05, 0) is 31.4 Å². The maximum Gasteiger partial charge on any atom is 0.161 e. The smallest absolute Gasteiger partial charge is 0.161 e. The van der Waals surface area contributed by atoms with Crippen LogP contribution in [0.15, 0.2) is 24.3 Å². The lowest BCUT2D eigenvalue weighted by molar-refractivity contribution is 0.257. The van der Waals surface area contributed by atoms with Crippen LogP contribution in [0.5, 0.6) is 11.5 Å². The molecular weight excluding hydrogens is 236 g/mol. The second-order valence-corrected chi connectivity index (χ2v) is 4.25. The Balaban J connectivity index is 2.45. The number of rotatable bonds is 8. The number of hydrogen-bond acceptors (Lipinski definition) is 2. The Morgan fingerprint density at radius 3 is 2.29 bits per heavy atom. The highest BCUT2D eigenvalue weighted by molar-refractivity contribution is 6.18. The van der Waals surface area contributed by atoms with Crippen LogP contribution in [0.3, 0.4) is 0 Å². The fourth-order valence-electron chi connectivity index (χ4n) is 1.57. The number of ether oxygens (including phenoxy) is 2. The van der Waals surface area contributed by atoms with Gasteiger partial charge in [-0.2, -0.15) is 0 Å². The first kappa shape index (κ1) is 14.2. The third-order valence-electron chi connectivity index (χ3n) is 2.73. The van der Waals surface area contributed by atoms with Gasteiger partial charge in [0.2, 0.25) is 0 Å². The minimum atomic E-state index is 0.538. The van der Waals surface area contributed by atoms with Crippen LogP contribution < -0.4 is 9.47 Å². The van der Waals surface area contributed by atoms with E-state index in [9.17, 15) is 0 Å². The van der Waals surface area contributed by atoms with Gasteiger partial charge in [-0.15, -0.1) is 11.6 Å². The lowest BCUT2D eigenvalue weighted by Crippen LogP contribution is -2.08. The Labute approximate surface area is 109 Å². The van der Waals surface area contributed by atoms with Crippen LogP contribution in [0.1, 0.15) is 26.7 Å². The van der Waals surface area contributed by atoms with Crippen molar-refractivity contribution in [2.24, 2.45) is 5.92 Å². The molecule has 0 N–H and O–H groups in total. The van der Waals surface area contributed by atoms with Crippen molar-refractivity contribution in [3.63, 3.8) is 0 Å². The maximum absolute atomic E-state index is 5.85. The van der Waals surface area contributed by atoms with Crippen molar-refractivity contribution in [1.82, 2.24) is 0 Å². The van der Waals surface area contributed by atoms with Crippen LogP contribution in [-0.2, 0) is 0 Å². The molecule has 0 saturated carbocycles. The average molecular weight is 257 g/mol. The van der Waals surface area contributed by atoms with E-state index in [0.717, 1.165) is 24.3 Å². The van der Waals surface area contributed by atoms with Crippen molar-refractivity contribution in [2.75, 3.05) is 19.1 Å². The minimum Gasteiger partial charge on any atom is -0.490 e. The van der Waals surface area contributed by atoms with Crippen molar-refractivity contribution in [2.45, 2.75) is 26.7 Å². The van der Waals surface area contributed by atoms with Gasteiger partial charge in [-0.3, -0.25) is 0 Å². The van der Waals surface area contributed by atoms with Gasteiger partial charge in [-0.25, -0.2) is 0 Å². The van der Waals surface area contributed by atoms with Crippen LogP contribution in [0, 0.1) is 5.92 Å². The van der Waals surface area contributed by atoms with E-state index in [1.165, 1.54) is 0 Å². The molecule has 0 aliphatic carbocycles. The van der Waals surface area contributed by atoms with Crippen LogP contribution in [0.2, 0.25) is 0 Å². The summed E-state index contributed by atoms with van der Waals surface area (Å²) in [5, 5.41) is 0. The Morgan fingerprint density at radius 2 is 1.76 bits per heavy atom. The van der Waals surface area contributed by atoms with Crippen molar-refractivity contribution >= 4 is 11.6 Å². The quantitative estimate of drug-likeness (QED) is 0.652. The molecule has 1 rings (SSSR count). The first-order valence-corrected chi connectivity index (χ1v) is 6.75. The van der Waals surface area contributed by atoms with Gasteiger partial charge in [0, 0.05) is 5.88 Å². The first-order valence-electron chi connectivity index (χ1n) is 6.22. The molecule has 0 aliphatic rings. The summed E-state index contributed by atoms with van der Waals surface area (Å²) in [6.07, 6.45) is 2.08. The molecule has 1 aromatic carbocycles. The normalized spacial score (nSPS) is 12.2. The van der Waals surface area contributed by atoms with Gasteiger partial charge in [-0.1, -0.05) is 25.5 Å². The molecule has 0 bridgehead atoms. The Bertz CT molecular complexity index is 311. The Kier molecular flexibility index (Phi) is 6.87. The van der Waals surface area contributed by atoms with E-state index >= 15 is 0 Å². The van der Waals surface area contributed by atoms with Crippen LogP contribution in [0.25, 0.3) is 0 Å². The minimum absolute atomic E-state index is 0.538. The lowest BCUT2D eigenvalue weighted by Gasteiger charge is -2.14. The number of alkyl halides is 1. The molecule has 0 amide bonds.